The van der Waals surface area contributed by atoms with Gasteiger partial charge in [0.2, 0.25) is 5.91 Å². The second-order valence-corrected chi connectivity index (χ2v) is 7.41. The van der Waals surface area contributed by atoms with Crippen molar-refractivity contribution >= 4 is 11.9 Å². The number of carbonyl (C=O) groups excluding carboxylic acids is 1. The molecule has 0 saturated carbocycles. The average Bonchev–Trinajstić information content (AvgIpc) is 2.60. The molecule has 0 saturated heterocycles. The molecule has 0 aliphatic heterocycles. The van der Waals surface area contributed by atoms with E-state index in [0.29, 0.717) is 12.6 Å². The Morgan fingerprint density at radius 3 is 2.50 bits per heavy atom. The molecule has 1 unspecified atom stereocenters. The Bertz CT molecular complexity index is 571. The third kappa shape index (κ3) is 7.87. The first kappa shape index (κ1) is 22.0. The molecule has 1 aromatic rings. The fraction of sp³-hybridized carbons (Fsp3) is 0.600. The van der Waals surface area contributed by atoms with Gasteiger partial charge in [0, 0.05) is 25.7 Å². The van der Waals surface area contributed by atoms with Crippen LogP contribution in [0.25, 0.3) is 0 Å². The molecule has 1 amide bonds. The summed E-state index contributed by atoms with van der Waals surface area (Å²) in [6.45, 7) is 10.7. The maximum absolute atomic E-state index is 11.4. The number of hydrogen-bond acceptors (Lipinski definition) is 3. The second-order valence-electron chi connectivity index (χ2n) is 7.41. The van der Waals surface area contributed by atoms with Crippen LogP contribution in [0.4, 0.5) is 0 Å². The van der Waals surface area contributed by atoms with Gasteiger partial charge in [-0.2, -0.15) is 0 Å². The maximum Gasteiger partial charge on any atom is 0.224 e. The Balaban J connectivity index is 2.47. The van der Waals surface area contributed by atoms with Crippen LogP contribution in [0.15, 0.2) is 35.3 Å². The lowest BCUT2D eigenvalue weighted by molar-refractivity contribution is -0.125. The predicted octanol–water partition coefficient (Wildman–Crippen LogP) is 1.96. The van der Waals surface area contributed by atoms with E-state index in [1.54, 1.807) is 0 Å². The summed E-state index contributed by atoms with van der Waals surface area (Å²) in [5.41, 5.74) is 6.08. The minimum Gasteiger partial charge on any atom is -0.369 e. The van der Waals surface area contributed by atoms with Crippen LogP contribution in [0.2, 0.25) is 0 Å². The zero-order valence-corrected chi connectivity index (χ0v) is 16.9. The topological polar surface area (TPSA) is 82.7 Å². The highest BCUT2D eigenvalue weighted by Crippen LogP contribution is 2.14. The second kappa shape index (κ2) is 10.8. The van der Waals surface area contributed by atoms with E-state index < -0.39 is 5.41 Å². The van der Waals surface area contributed by atoms with Crippen molar-refractivity contribution in [2.75, 3.05) is 26.7 Å². The summed E-state index contributed by atoms with van der Waals surface area (Å²) in [5, 5.41) is 6.55. The van der Waals surface area contributed by atoms with Gasteiger partial charge in [-0.3, -0.25) is 14.7 Å². The van der Waals surface area contributed by atoms with Crippen LogP contribution >= 0.6 is 0 Å². The summed E-state index contributed by atoms with van der Waals surface area (Å²) in [7, 11) is 2.15. The van der Waals surface area contributed by atoms with Crippen LogP contribution in [0, 0.1) is 5.41 Å². The molecule has 0 aromatic heterocycles. The maximum atomic E-state index is 11.4. The van der Waals surface area contributed by atoms with E-state index in [-0.39, 0.29) is 5.91 Å². The number of nitrogens with zero attached hydrogens (tertiary/aromatic N) is 2. The summed E-state index contributed by atoms with van der Waals surface area (Å²) in [6.07, 6.45) is 0.993. The molecule has 4 N–H and O–H groups in total. The van der Waals surface area contributed by atoms with Gasteiger partial charge >= 0.3 is 0 Å². The van der Waals surface area contributed by atoms with Crippen molar-refractivity contribution in [1.82, 2.24) is 15.5 Å². The fourth-order valence-corrected chi connectivity index (χ4v) is 2.34. The van der Waals surface area contributed by atoms with E-state index in [2.05, 4.69) is 58.8 Å². The normalized spacial score (nSPS) is 13.5. The molecule has 0 radical (unpaired) electrons. The molecule has 1 atom stereocenters. The molecule has 6 heteroatoms. The minimum atomic E-state index is -0.647. The number of amides is 1. The van der Waals surface area contributed by atoms with Gasteiger partial charge in [0.05, 0.1) is 12.0 Å². The number of primary amides is 1. The van der Waals surface area contributed by atoms with E-state index >= 15 is 0 Å². The first-order chi connectivity index (χ1) is 12.3. The number of carbonyl (C=O) groups is 1. The van der Waals surface area contributed by atoms with E-state index in [1.807, 2.05) is 26.8 Å². The SMILES string of the molecule is CCNC(=NCC(C)(C)C(N)=O)NCCC(C)N(C)Cc1ccccc1. The molecule has 0 aliphatic rings. The summed E-state index contributed by atoms with van der Waals surface area (Å²) >= 11 is 0. The summed E-state index contributed by atoms with van der Waals surface area (Å²) < 4.78 is 0. The van der Waals surface area contributed by atoms with Crippen LogP contribution in [0.3, 0.4) is 0 Å². The number of guanidine groups is 1. The summed E-state index contributed by atoms with van der Waals surface area (Å²) in [5.74, 6) is 0.382. The molecule has 1 rings (SSSR count). The van der Waals surface area contributed by atoms with Crippen molar-refractivity contribution in [3.05, 3.63) is 35.9 Å². The molecule has 6 nitrogen and oxygen atoms in total. The van der Waals surface area contributed by atoms with E-state index in [1.165, 1.54) is 5.56 Å². The number of benzene rings is 1. The molecule has 0 spiro atoms. The molecule has 1 aromatic carbocycles. The smallest absolute Gasteiger partial charge is 0.224 e. The molecular formula is C20H35N5O. The summed E-state index contributed by atoms with van der Waals surface area (Å²) in [4.78, 5) is 18.3. The van der Waals surface area contributed by atoms with Gasteiger partial charge in [-0.1, -0.05) is 30.3 Å². The highest BCUT2D eigenvalue weighted by Gasteiger charge is 2.24. The van der Waals surface area contributed by atoms with Crippen molar-refractivity contribution < 1.29 is 4.79 Å². The van der Waals surface area contributed by atoms with E-state index in [4.69, 9.17) is 5.73 Å². The highest BCUT2D eigenvalue weighted by molar-refractivity contribution is 5.82. The predicted molar refractivity (Wildman–Crippen MR) is 109 cm³/mol. The quantitative estimate of drug-likeness (QED) is 0.439. The van der Waals surface area contributed by atoms with Crippen LogP contribution in [-0.2, 0) is 11.3 Å². The first-order valence-electron chi connectivity index (χ1n) is 9.32. The third-order valence-corrected chi connectivity index (χ3v) is 4.53. The zero-order chi connectivity index (χ0) is 19.6. The molecule has 0 aliphatic carbocycles. The Hall–Kier alpha value is -2.08. The van der Waals surface area contributed by atoms with Gasteiger partial charge < -0.3 is 16.4 Å². The number of hydrogen-bond donors (Lipinski definition) is 3. The Morgan fingerprint density at radius 1 is 1.27 bits per heavy atom. The molecule has 146 valence electrons. The fourth-order valence-electron chi connectivity index (χ4n) is 2.34. The first-order valence-corrected chi connectivity index (χ1v) is 9.32. The van der Waals surface area contributed by atoms with Crippen LogP contribution < -0.4 is 16.4 Å². The Morgan fingerprint density at radius 2 is 1.92 bits per heavy atom. The lowest BCUT2D eigenvalue weighted by Crippen LogP contribution is -2.41. The number of nitrogens with one attached hydrogen (secondary N) is 2. The average molecular weight is 362 g/mol. The van der Waals surface area contributed by atoms with Crippen molar-refractivity contribution in [3.8, 4) is 0 Å². The zero-order valence-electron chi connectivity index (χ0n) is 16.9. The van der Waals surface area contributed by atoms with Crippen molar-refractivity contribution in [2.45, 2.75) is 46.7 Å². The highest BCUT2D eigenvalue weighted by atomic mass is 16.1. The van der Waals surface area contributed by atoms with Gasteiger partial charge in [0.15, 0.2) is 5.96 Å². The minimum absolute atomic E-state index is 0.340. The number of nitrogens with two attached hydrogens (primary N) is 1. The lowest BCUT2D eigenvalue weighted by atomic mass is 9.93. The van der Waals surface area contributed by atoms with E-state index in [0.717, 1.165) is 32.0 Å². The molecular weight excluding hydrogens is 326 g/mol. The van der Waals surface area contributed by atoms with Gasteiger partial charge in [-0.15, -0.1) is 0 Å². The lowest BCUT2D eigenvalue weighted by Gasteiger charge is -2.25. The number of aliphatic imine (C=N–C) groups is 1. The van der Waals surface area contributed by atoms with Crippen LogP contribution in [0.1, 0.15) is 39.7 Å². The molecule has 0 fully saturated rings. The number of rotatable bonds is 10. The van der Waals surface area contributed by atoms with Crippen LogP contribution in [-0.4, -0.2) is 49.5 Å². The van der Waals surface area contributed by atoms with Gasteiger partial charge in [0.1, 0.15) is 0 Å². The van der Waals surface area contributed by atoms with Gasteiger partial charge in [-0.25, -0.2) is 0 Å². The largest absolute Gasteiger partial charge is 0.369 e. The van der Waals surface area contributed by atoms with Crippen molar-refractivity contribution in [3.63, 3.8) is 0 Å². The summed E-state index contributed by atoms with van der Waals surface area (Å²) in [6, 6.07) is 10.9. The van der Waals surface area contributed by atoms with Crippen LogP contribution in [0.5, 0.6) is 0 Å². The van der Waals surface area contributed by atoms with Gasteiger partial charge in [-0.05, 0) is 46.7 Å². The third-order valence-electron chi connectivity index (χ3n) is 4.53. The Kier molecular flexibility index (Phi) is 9.13. The molecule has 0 heterocycles. The standard InChI is InChI=1S/C20H35N5O/c1-6-22-19(24-15-20(3,4)18(21)26)23-13-12-16(2)25(5)14-17-10-8-7-9-11-17/h7-11,16H,6,12-15H2,1-5H3,(H2,21,26)(H2,22,23,24). The van der Waals surface area contributed by atoms with Gasteiger partial charge in [0.25, 0.3) is 0 Å². The van der Waals surface area contributed by atoms with Crippen molar-refractivity contribution in [1.29, 1.82) is 0 Å². The molecule has 26 heavy (non-hydrogen) atoms. The molecule has 0 bridgehead atoms. The Labute approximate surface area is 158 Å². The monoisotopic (exact) mass is 361 g/mol. The van der Waals surface area contributed by atoms with Crippen molar-refractivity contribution in [2.24, 2.45) is 16.1 Å². The van der Waals surface area contributed by atoms with E-state index in [9.17, 15) is 4.79 Å².